The molecule has 0 aromatic heterocycles. The van der Waals surface area contributed by atoms with E-state index < -0.39 is 0 Å². The average molecular weight is 224 g/mol. The molecule has 5 atom stereocenters. The van der Waals surface area contributed by atoms with Crippen LogP contribution in [0.2, 0.25) is 0 Å². The lowest BCUT2D eigenvalue weighted by atomic mass is 9.43. The zero-order valence-corrected chi connectivity index (χ0v) is 9.13. The van der Waals surface area contributed by atoms with Crippen molar-refractivity contribution in [2.24, 2.45) is 23.2 Å². The van der Waals surface area contributed by atoms with Gasteiger partial charge in [-0.2, -0.15) is 0 Å². The zero-order valence-electron chi connectivity index (χ0n) is 9.13. The van der Waals surface area contributed by atoms with Gasteiger partial charge in [0.05, 0.1) is 51.3 Å². The molecule has 88 valence electrons. The summed E-state index contributed by atoms with van der Waals surface area (Å²) < 4.78 is 22.1. The Kier molecular flexibility index (Phi) is 1.46. The largest absolute Gasteiger partial charge is 0.380 e. The van der Waals surface area contributed by atoms with Gasteiger partial charge in [-0.15, -0.1) is 0 Å². The van der Waals surface area contributed by atoms with Crippen LogP contribution in [0, 0.1) is 23.2 Å². The van der Waals surface area contributed by atoms with Crippen LogP contribution in [0.1, 0.15) is 0 Å². The molecule has 5 unspecified atom stereocenters. The molecule has 1 saturated carbocycles. The van der Waals surface area contributed by atoms with Gasteiger partial charge < -0.3 is 18.9 Å². The molecular formula is C12H16O4. The summed E-state index contributed by atoms with van der Waals surface area (Å²) in [6.07, 6.45) is 1.48. The first-order valence-electron chi connectivity index (χ1n) is 6.33. The summed E-state index contributed by atoms with van der Waals surface area (Å²) in [5.41, 5.74) is 0.388. The highest BCUT2D eigenvalue weighted by Gasteiger charge is 2.75. The predicted octanol–water partition coefficient (Wildman–Crippen LogP) is 0.0616. The maximum absolute atomic E-state index is 5.55. The van der Waals surface area contributed by atoms with E-state index in [2.05, 4.69) is 0 Å². The molecular weight excluding hydrogens is 208 g/mol. The lowest BCUT2D eigenvalue weighted by Gasteiger charge is -2.64. The lowest BCUT2D eigenvalue weighted by Crippen LogP contribution is -2.71. The number of epoxide rings is 3. The Balaban J connectivity index is 1.49. The van der Waals surface area contributed by atoms with E-state index in [4.69, 9.17) is 18.9 Å². The molecule has 4 saturated heterocycles. The molecule has 5 aliphatic rings. The second kappa shape index (κ2) is 2.64. The first-order chi connectivity index (χ1) is 7.90. The molecule has 4 heterocycles. The molecule has 0 aromatic rings. The lowest BCUT2D eigenvalue weighted by molar-refractivity contribution is -0.280. The van der Waals surface area contributed by atoms with Crippen molar-refractivity contribution in [1.29, 1.82) is 0 Å². The highest BCUT2D eigenvalue weighted by Crippen LogP contribution is 2.68. The molecule has 1 spiro atoms. The van der Waals surface area contributed by atoms with Crippen molar-refractivity contribution in [2.45, 2.75) is 18.3 Å². The van der Waals surface area contributed by atoms with Crippen LogP contribution in [-0.4, -0.2) is 51.3 Å². The molecule has 5 rings (SSSR count). The molecule has 16 heavy (non-hydrogen) atoms. The second-order valence-corrected chi connectivity index (χ2v) is 5.97. The van der Waals surface area contributed by atoms with Crippen molar-refractivity contribution in [1.82, 2.24) is 0 Å². The Morgan fingerprint density at radius 2 is 1.25 bits per heavy atom. The van der Waals surface area contributed by atoms with Gasteiger partial charge in [0.15, 0.2) is 0 Å². The molecule has 0 N–H and O–H groups in total. The highest BCUT2D eigenvalue weighted by molar-refractivity contribution is 5.20. The molecule has 0 radical (unpaired) electrons. The third kappa shape index (κ3) is 0.957. The summed E-state index contributed by atoms with van der Waals surface area (Å²) >= 11 is 0. The fourth-order valence-electron chi connectivity index (χ4n) is 4.32. The molecule has 4 aliphatic heterocycles. The topological polar surface area (TPSA) is 46.8 Å². The van der Waals surface area contributed by atoms with Crippen LogP contribution in [0.3, 0.4) is 0 Å². The molecule has 4 heteroatoms. The van der Waals surface area contributed by atoms with Crippen LogP contribution < -0.4 is 0 Å². The van der Waals surface area contributed by atoms with E-state index in [9.17, 15) is 0 Å². The van der Waals surface area contributed by atoms with Crippen molar-refractivity contribution in [3.63, 3.8) is 0 Å². The van der Waals surface area contributed by atoms with Crippen LogP contribution in [0.15, 0.2) is 0 Å². The van der Waals surface area contributed by atoms with E-state index in [1.165, 1.54) is 0 Å². The zero-order chi connectivity index (χ0) is 10.3. The molecule has 0 amide bonds. The molecule has 0 bridgehead atoms. The third-order valence-electron chi connectivity index (χ3n) is 5.21. The van der Waals surface area contributed by atoms with Gasteiger partial charge in [0.25, 0.3) is 0 Å². The summed E-state index contributed by atoms with van der Waals surface area (Å²) in [6, 6.07) is 0. The number of hydrogen-bond donors (Lipinski definition) is 0. The summed E-state index contributed by atoms with van der Waals surface area (Å²) in [4.78, 5) is 0. The van der Waals surface area contributed by atoms with Crippen molar-refractivity contribution in [3.05, 3.63) is 0 Å². The van der Waals surface area contributed by atoms with E-state index in [0.717, 1.165) is 33.0 Å². The minimum absolute atomic E-state index is 0.388. The summed E-state index contributed by atoms with van der Waals surface area (Å²) in [6.45, 7) is 4.70. The second-order valence-electron chi connectivity index (χ2n) is 5.97. The SMILES string of the molecule is C1OC1C1C(C2CO2)C2(COC2)C1C1CO1. The standard InChI is InChI=1S/C12H16O4/c1-6(14-1)9-10(7-2-15-7)12(4-13-5-12)11(9)8-3-16-8/h6-11H,1-5H2. The van der Waals surface area contributed by atoms with E-state index in [0.29, 0.717) is 41.5 Å². The van der Waals surface area contributed by atoms with Crippen LogP contribution in [0.5, 0.6) is 0 Å². The Morgan fingerprint density at radius 1 is 0.750 bits per heavy atom. The summed E-state index contributed by atoms with van der Waals surface area (Å²) in [5.74, 6) is 2.05. The number of ether oxygens (including phenoxy) is 4. The average Bonchev–Trinajstić information content (AvgIpc) is 3.03. The van der Waals surface area contributed by atoms with E-state index in [1.54, 1.807) is 0 Å². The minimum atomic E-state index is 0.388. The van der Waals surface area contributed by atoms with Crippen LogP contribution in [0.4, 0.5) is 0 Å². The fourth-order valence-corrected chi connectivity index (χ4v) is 4.32. The normalized spacial score (nSPS) is 60.0. The Bertz CT molecular complexity index is 306. The molecule has 5 fully saturated rings. The number of hydrogen-bond acceptors (Lipinski definition) is 4. The smallest absolute Gasteiger partial charge is 0.0848 e. The van der Waals surface area contributed by atoms with Crippen molar-refractivity contribution < 1.29 is 18.9 Å². The quantitative estimate of drug-likeness (QED) is 0.636. The predicted molar refractivity (Wildman–Crippen MR) is 52.9 cm³/mol. The van der Waals surface area contributed by atoms with Gasteiger partial charge in [0, 0.05) is 17.3 Å². The fraction of sp³-hybridized carbons (Fsp3) is 1.00. The van der Waals surface area contributed by atoms with E-state index >= 15 is 0 Å². The van der Waals surface area contributed by atoms with Gasteiger partial charge >= 0.3 is 0 Å². The Labute approximate surface area is 94.2 Å². The maximum atomic E-state index is 5.55. The van der Waals surface area contributed by atoms with Crippen molar-refractivity contribution in [2.75, 3.05) is 33.0 Å². The van der Waals surface area contributed by atoms with Crippen LogP contribution in [0.25, 0.3) is 0 Å². The van der Waals surface area contributed by atoms with Gasteiger partial charge in [-0.1, -0.05) is 0 Å². The van der Waals surface area contributed by atoms with Gasteiger partial charge in [-0.3, -0.25) is 0 Å². The highest BCUT2D eigenvalue weighted by atomic mass is 16.6. The molecule has 0 aromatic carbocycles. The van der Waals surface area contributed by atoms with Gasteiger partial charge in [-0.25, -0.2) is 0 Å². The molecule has 4 nitrogen and oxygen atoms in total. The monoisotopic (exact) mass is 224 g/mol. The first kappa shape index (κ1) is 8.86. The number of rotatable bonds is 3. The molecule has 1 aliphatic carbocycles. The van der Waals surface area contributed by atoms with Crippen LogP contribution >= 0.6 is 0 Å². The first-order valence-corrected chi connectivity index (χ1v) is 6.33. The van der Waals surface area contributed by atoms with Crippen LogP contribution in [-0.2, 0) is 18.9 Å². The Hall–Kier alpha value is -0.160. The van der Waals surface area contributed by atoms with Crippen molar-refractivity contribution >= 4 is 0 Å². The minimum Gasteiger partial charge on any atom is -0.380 e. The summed E-state index contributed by atoms with van der Waals surface area (Å²) in [5, 5.41) is 0. The maximum Gasteiger partial charge on any atom is 0.0848 e. The van der Waals surface area contributed by atoms with Gasteiger partial charge in [0.1, 0.15) is 0 Å². The van der Waals surface area contributed by atoms with Crippen molar-refractivity contribution in [3.8, 4) is 0 Å². The van der Waals surface area contributed by atoms with E-state index in [1.807, 2.05) is 0 Å². The van der Waals surface area contributed by atoms with E-state index in [-0.39, 0.29) is 0 Å². The Morgan fingerprint density at radius 3 is 1.56 bits per heavy atom. The van der Waals surface area contributed by atoms with Gasteiger partial charge in [0.2, 0.25) is 0 Å². The van der Waals surface area contributed by atoms with Gasteiger partial charge in [-0.05, 0) is 5.92 Å². The third-order valence-corrected chi connectivity index (χ3v) is 5.21. The summed E-state index contributed by atoms with van der Waals surface area (Å²) in [7, 11) is 0.